The summed E-state index contributed by atoms with van der Waals surface area (Å²) in [6.45, 7) is 2.17. The van der Waals surface area contributed by atoms with E-state index in [1.165, 1.54) is 24.0 Å². The van der Waals surface area contributed by atoms with Gasteiger partial charge in [-0.1, -0.05) is 149 Å². The fourth-order valence-electron chi connectivity index (χ4n) is 11.7. The SMILES string of the molecule is [B]c1c([B])c([B])c2c(c1[B])c1c([B])c([B])c([B])c([B])c1n2-c1cc2c3ccccc3c3ccccc3c2cc1-c1ccc2oc3c(-c4cccc(C)c4-c4ccccc4C4CC4)nc(-c4ccccc4)nc3c2c1. The fraction of sp³-hybridized carbons (Fsp3) is 0.0645. The molecule has 3 aromatic heterocycles. The van der Waals surface area contributed by atoms with Crippen molar-refractivity contribution >= 4 is 183 Å². The molecule has 0 unspecified atom stereocenters. The van der Waals surface area contributed by atoms with Crippen molar-refractivity contribution in [3.63, 3.8) is 0 Å². The van der Waals surface area contributed by atoms with E-state index in [4.69, 9.17) is 77.2 Å². The molecule has 10 aromatic carbocycles. The molecule has 74 heavy (non-hydrogen) atoms. The van der Waals surface area contributed by atoms with E-state index in [0.717, 1.165) is 71.1 Å². The minimum Gasteiger partial charge on any atom is -0.452 e. The van der Waals surface area contributed by atoms with Gasteiger partial charge < -0.3 is 8.98 Å². The normalized spacial score (nSPS) is 12.9. The molecule has 0 atom stereocenters. The summed E-state index contributed by atoms with van der Waals surface area (Å²) in [7, 11) is 54.8. The fourth-order valence-corrected chi connectivity index (χ4v) is 11.7. The third-order valence-corrected chi connectivity index (χ3v) is 15.5. The average Bonchev–Trinajstić information content (AvgIpc) is 4.13. The summed E-state index contributed by atoms with van der Waals surface area (Å²) in [6.07, 6.45) is 2.35. The summed E-state index contributed by atoms with van der Waals surface area (Å²) in [5, 5.41) is 8.06. The van der Waals surface area contributed by atoms with Crippen LogP contribution < -0.4 is 43.7 Å². The van der Waals surface area contributed by atoms with Crippen LogP contribution >= 0.6 is 0 Å². The molecule has 14 rings (SSSR count). The van der Waals surface area contributed by atoms with Crippen LogP contribution in [0.2, 0.25) is 0 Å². The lowest BCUT2D eigenvalue weighted by Crippen LogP contribution is -2.49. The standard InChI is InChI=1S/C62H33B8N3O/c1-29-12-11-21-39(46(29)38-20-10-5-15-33(38)30-22-23-30)57-61-58(72-62(71-57)31-13-3-2-4-14-31)43-26-32(24-25-45(43)74-61)40-27-41-36-18-8-6-16-34(36)35-17-7-9-19-37(35)42(41)28-44(40)73-59-47(49(63)51(65)53(67)55(59)69)48-50(64)52(66)54(68)56(70)60(48)73/h2-21,24-28,30H,22-23H2,1H3. The van der Waals surface area contributed by atoms with Crippen molar-refractivity contribution in [2.24, 2.45) is 0 Å². The van der Waals surface area contributed by atoms with Crippen LogP contribution in [0, 0.1) is 6.92 Å². The van der Waals surface area contributed by atoms with E-state index in [9.17, 15) is 0 Å². The summed E-state index contributed by atoms with van der Waals surface area (Å²) in [5.74, 6) is 1.11. The molecule has 0 amide bonds. The summed E-state index contributed by atoms with van der Waals surface area (Å²) >= 11 is 0. The van der Waals surface area contributed by atoms with Gasteiger partial charge in [0.05, 0.1) is 5.69 Å². The van der Waals surface area contributed by atoms with Gasteiger partial charge in [0.15, 0.2) is 11.4 Å². The molecular formula is C62H33B8N3O. The van der Waals surface area contributed by atoms with Crippen LogP contribution in [0.1, 0.15) is 29.9 Å². The molecule has 0 saturated heterocycles. The van der Waals surface area contributed by atoms with E-state index < -0.39 is 0 Å². The highest BCUT2D eigenvalue weighted by Crippen LogP contribution is 2.49. The number of fused-ring (bicyclic) bond motifs is 12. The van der Waals surface area contributed by atoms with Crippen LogP contribution in [0.5, 0.6) is 0 Å². The number of furan rings is 1. The molecule has 0 aliphatic heterocycles. The summed E-state index contributed by atoms with van der Waals surface area (Å²) in [5.41, 5.74) is 13.8. The molecule has 1 fully saturated rings. The number of benzene rings is 10. The molecule has 12 heteroatoms. The summed E-state index contributed by atoms with van der Waals surface area (Å²) in [4.78, 5) is 10.8. The third-order valence-electron chi connectivity index (χ3n) is 15.5. The van der Waals surface area contributed by atoms with Crippen molar-refractivity contribution in [1.82, 2.24) is 14.5 Å². The molecule has 1 aliphatic rings. The van der Waals surface area contributed by atoms with Gasteiger partial charge in [-0.2, -0.15) is 0 Å². The zero-order chi connectivity index (χ0) is 50.4. The maximum Gasteiger partial charge on any atom is 0.180 e. The molecule has 3 heterocycles. The summed E-state index contributed by atoms with van der Waals surface area (Å²) < 4.78 is 8.97. The highest BCUT2D eigenvalue weighted by molar-refractivity contribution is 6.71. The monoisotopic (exact) mass is 923 g/mol. The van der Waals surface area contributed by atoms with Crippen LogP contribution in [0.3, 0.4) is 0 Å². The largest absolute Gasteiger partial charge is 0.452 e. The van der Waals surface area contributed by atoms with E-state index in [2.05, 4.69) is 122 Å². The van der Waals surface area contributed by atoms with Gasteiger partial charge in [0.2, 0.25) is 0 Å². The minimum absolute atomic E-state index is 0.122. The molecule has 1 aliphatic carbocycles. The Labute approximate surface area is 438 Å². The lowest BCUT2D eigenvalue weighted by atomic mass is 9.63. The zero-order valence-electron chi connectivity index (χ0n) is 40.3. The average molecular weight is 922 g/mol. The Morgan fingerprint density at radius 2 is 1.01 bits per heavy atom. The Hall–Kier alpha value is -7.82. The van der Waals surface area contributed by atoms with Crippen molar-refractivity contribution < 1.29 is 4.42 Å². The number of hydrogen-bond donors (Lipinski definition) is 0. The Kier molecular flexibility index (Phi) is 10.1. The molecule has 0 spiro atoms. The smallest absolute Gasteiger partial charge is 0.180 e. The van der Waals surface area contributed by atoms with Gasteiger partial charge in [0.25, 0.3) is 0 Å². The van der Waals surface area contributed by atoms with Crippen molar-refractivity contribution in [3.05, 3.63) is 163 Å². The molecule has 4 nitrogen and oxygen atoms in total. The van der Waals surface area contributed by atoms with Gasteiger partial charge >= 0.3 is 0 Å². The van der Waals surface area contributed by atoms with E-state index in [1.54, 1.807) is 0 Å². The molecule has 13 aromatic rings. The van der Waals surface area contributed by atoms with Crippen molar-refractivity contribution in [2.75, 3.05) is 0 Å². The predicted molar refractivity (Wildman–Crippen MR) is 318 cm³/mol. The number of rotatable bonds is 6. The minimum atomic E-state index is 0.122. The second-order valence-corrected chi connectivity index (χ2v) is 19.7. The van der Waals surface area contributed by atoms with Crippen molar-refractivity contribution in [3.8, 4) is 50.6 Å². The quantitative estimate of drug-likeness (QED) is 0.132. The van der Waals surface area contributed by atoms with Crippen LogP contribution in [0.15, 0.2) is 156 Å². The van der Waals surface area contributed by atoms with E-state index >= 15 is 0 Å². The van der Waals surface area contributed by atoms with E-state index in [-0.39, 0.29) is 43.7 Å². The summed E-state index contributed by atoms with van der Waals surface area (Å²) in [6, 6.07) is 52.8. The van der Waals surface area contributed by atoms with Crippen molar-refractivity contribution in [1.29, 1.82) is 0 Å². The number of aryl methyl sites for hydroxylation is 1. The highest BCUT2D eigenvalue weighted by atomic mass is 16.3. The maximum absolute atomic E-state index is 7.11. The third kappa shape index (κ3) is 6.46. The first-order valence-electron chi connectivity index (χ1n) is 24.7. The lowest BCUT2D eigenvalue weighted by Gasteiger charge is -2.22. The Balaban J connectivity index is 1.12. The molecule has 0 bridgehead atoms. The molecule has 16 radical (unpaired) electrons. The Bertz CT molecular complexity index is 4540. The predicted octanol–water partition coefficient (Wildman–Crippen LogP) is 7.14. The Morgan fingerprint density at radius 3 is 1.65 bits per heavy atom. The van der Waals surface area contributed by atoms with Crippen molar-refractivity contribution in [2.45, 2.75) is 25.7 Å². The number of hydrogen-bond acceptors (Lipinski definition) is 3. The van der Waals surface area contributed by atoms with Crippen LogP contribution in [0.4, 0.5) is 0 Å². The topological polar surface area (TPSA) is 43.9 Å². The Morgan fingerprint density at radius 1 is 0.459 bits per heavy atom. The van der Waals surface area contributed by atoms with Gasteiger partial charge in [0.1, 0.15) is 79.6 Å². The van der Waals surface area contributed by atoms with Crippen LogP contribution in [-0.4, -0.2) is 77.3 Å². The zero-order valence-corrected chi connectivity index (χ0v) is 40.3. The second-order valence-electron chi connectivity index (χ2n) is 19.7. The van der Waals surface area contributed by atoms with Crippen LogP contribution in [0.25, 0.3) is 127 Å². The maximum atomic E-state index is 7.11. The van der Waals surface area contributed by atoms with Gasteiger partial charge in [-0.15, -0.1) is 21.9 Å². The first kappa shape index (κ1) is 44.8. The number of aromatic nitrogens is 3. The van der Waals surface area contributed by atoms with Gasteiger partial charge in [-0.25, -0.2) is 9.97 Å². The van der Waals surface area contributed by atoms with E-state index in [0.29, 0.717) is 61.6 Å². The second kappa shape index (κ2) is 16.6. The molecule has 326 valence electrons. The van der Waals surface area contributed by atoms with Gasteiger partial charge in [-0.05, 0) is 121 Å². The van der Waals surface area contributed by atoms with E-state index in [1.807, 2.05) is 41.0 Å². The van der Waals surface area contributed by atoms with Gasteiger partial charge in [-0.3, -0.25) is 0 Å². The molecular weight excluding hydrogens is 889 g/mol. The highest BCUT2D eigenvalue weighted by Gasteiger charge is 2.30. The van der Waals surface area contributed by atoms with Crippen LogP contribution in [-0.2, 0) is 0 Å². The molecule has 1 saturated carbocycles. The van der Waals surface area contributed by atoms with Gasteiger partial charge in [0, 0.05) is 33.1 Å². The number of nitrogens with zero attached hydrogens (tertiary/aromatic N) is 3. The first-order chi connectivity index (χ1) is 36.0. The molecule has 0 N–H and O–H groups in total. The first-order valence-corrected chi connectivity index (χ1v) is 24.7. The lowest BCUT2D eigenvalue weighted by molar-refractivity contribution is 0.667.